The highest BCUT2D eigenvalue weighted by molar-refractivity contribution is 9.10. The van der Waals surface area contributed by atoms with Gasteiger partial charge in [-0.2, -0.15) is 0 Å². The molecule has 8 heteroatoms. The van der Waals surface area contributed by atoms with Crippen molar-refractivity contribution in [1.82, 2.24) is 0 Å². The van der Waals surface area contributed by atoms with E-state index in [4.69, 9.17) is 39.5 Å². The summed E-state index contributed by atoms with van der Waals surface area (Å²) in [6.45, 7) is -0.354. The Labute approximate surface area is 149 Å². The number of ether oxygens (including phenoxy) is 1. The van der Waals surface area contributed by atoms with Crippen LogP contribution in [0.1, 0.15) is 0 Å². The van der Waals surface area contributed by atoms with Crippen molar-refractivity contribution in [2.24, 2.45) is 0 Å². The van der Waals surface area contributed by atoms with Gasteiger partial charge in [-0.05, 0) is 24.3 Å². The molecule has 116 valence electrons. The van der Waals surface area contributed by atoms with Crippen molar-refractivity contribution in [2.75, 3.05) is 11.9 Å². The first-order chi connectivity index (χ1) is 10.4. The van der Waals surface area contributed by atoms with E-state index < -0.39 is 11.7 Å². The second kappa shape index (κ2) is 7.51. The molecule has 0 aliphatic carbocycles. The molecular formula is C14H8BrCl3FNO2. The first-order valence-electron chi connectivity index (χ1n) is 5.89. The van der Waals surface area contributed by atoms with Gasteiger partial charge in [0, 0.05) is 10.5 Å². The molecule has 22 heavy (non-hydrogen) atoms. The van der Waals surface area contributed by atoms with E-state index in [1.54, 1.807) is 6.07 Å². The number of halogens is 5. The molecule has 0 spiro atoms. The average molecular weight is 427 g/mol. The van der Waals surface area contributed by atoms with Crippen LogP contribution in [0.3, 0.4) is 0 Å². The second-order valence-electron chi connectivity index (χ2n) is 4.16. The van der Waals surface area contributed by atoms with Gasteiger partial charge in [0.05, 0.1) is 20.8 Å². The SMILES string of the molecule is O=C(COc1cc(Cl)c(Cl)cc1Cl)Nc1ccc(Br)cc1F. The van der Waals surface area contributed by atoms with Gasteiger partial charge in [0.1, 0.15) is 11.6 Å². The third-order valence-corrected chi connectivity index (χ3v) is 4.05. The monoisotopic (exact) mass is 425 g/mol. The summed E-state index contributed by atoms with van der Waals surface area (Å²) in [5.74, 6) is -0.888. The maximum atomic E-state index is 13.6. The number of hydrogen-bond acceptors (Lipinski definition) is 2. The molecule has 1 N–H and O–H groups in total. The third kappa shape index (κ3) is 4.49. The van der Waals surface area contributed by atoms with Gasteiger partial charge in [-0.1, -0.05) is 50.7 Å². The molecule has 0 aliphatic rings. The van der Waals surface area contributed by atoms with E-state index in [-0.39, 0.29) is 33.1 Å². The molecule has 1 amide bonds. The Morgan fingerprint density at radius 1 is 1.14 bits per heavy atom. The minimum absolute atomic E-state index is 0.0528. The van der Waals surface area contributed by atoms with E-state index in [1.807, 2.05) is 0 Å². The molecule has 2 aromatic carbocycles. The molecule has 0 atom stereocenters. The minimum Gasteiger partial charge on any atom is -0.482 e. The zero-order valence-corrected chi connectivity index (χ0v) is 14.7. The molecule has 3 nitrogen and oxygen atoms in total. The van der Waals surface area contributed by atoms with Crippen LogP contribution >= 0.6 is 50.7 Å². The highest BCUT2D eigenvalue weighted by Crippen LogP contribution is 2.33. The Kier molecular flexibility index (Phi) is 5.92. The number of carbonyl (C=O) groups is 1. The Morgan fingerprint density at radius 2 is 1.82 bits per heavy atom. The molecule has 0 aromatic heterocycles. The maximum Gasteiger partial charge on any atom is 0.262 e. The van der Waals surface area contributed by atoms with E-state index >= 15 is 0 Å². The van der Waals surface area contributed by atoms with Crippen LogP contribution in [0.25, 0.3) is 0 Å². The van der Waals surface area contributed by atoms with Gasteiger partial charge in [0.2, 0.25) is 0 Å². The van der Waals surface area contributed by atoms with Crippen molar-refractivity contribution in [3.63, 3.8) is 0 Å². The minimum atomic E-state index is -0.560. The fraction of sp³-hybridized carbons (Fsp3) is 0.0714. The normalized spacial score (nSPS) is 10.4. The molecule has 2 aromatic rings. The smallest absolute Gasteiger partial charge is 0.262 e. The average Bonchev–Trinajstić information content (AvgIpc) is 2.44. The summed E-state index contributed by atoms with van der Waals surface area (Å²) in [5.41, 5.74) is 0.0528. The van der Waals surface area contributed by atoms with Gasteiger partial charge in [-0.25, -0.2) is 4.39 Å². The summed E-state index contributed by atoms with van der Waals surface area (Å²) in [7, 11) is 0. The Hall–Kier alpha value is -1.01. The zero-order valence-electron chi connectivity index (χ0n) is 10.8. The van der Waals surface area contributed by atoms with Crippen LogP contribution in [-0.4, -0.2) is 12.5 Å². The van der Waals surface area contributed by atoms with Crippen molar-refractivity contribution in [1.29, 1.82) is 0 Å². The summed E-state index contributed by atoms with van der Waals surface area (Å²) in [4.78, 5) is 11.8. The molecule has 0 fully saturated rings. The Morgan fingerprint density at radius 3 is 2.50 bits per heavy atom. The van der Waals surface area contributed by atoms with E-state index in [9.17, 15) is 9.18 Å². The van der Waals surface area contributed by atoms with Crippen LogP contribution in [0.4, 0.5) is 10.1 Å². The van der Waals surface area contributed by atoms with Crippen LogP contribution in [-0.2, 0) is 4.79 Å². The molecule has 0 unspecified atom stereocenters. The van der Waals surface area contributed by atoms with E-state index in [0.717, 1.165) is 0 Å². The molecule has 0 saturated carbocycles. The fourth-order valence-electron chi connectivity index (χ4n) is 1.54. The summed E-state index contributed by atoms with van der Waals surface area (Å²) in [5, 5.41) is 3.14. The van der Waals surface area contributed by atoms with Crippen LogP contribution in [0.2, 0.25) is 15.1 Å². The number of carbonyl (C=O) groups excluding carboxylic acids is 1. The number of hydrogen-bond donors (Lipinski definition) is 1. The quantitative estimate of drug-likeness (QED) is 0.649. The van der Waals surface area contributed by atoms with Gasteiger partial charge in [-0.15, -0.1) is 0 Å². The number of rotatable bonds is 4. The second-order valence-corrected chi connectivity index (χ2v) is 6.30. The van der Waals surface area contributed by atoms with Crippen molar-refractivity contribution < 1.29 is 13.9 Å². The molecule has 0 radical (unpaired) electrons. The first kappa shape index (κ1) is 17.3. The molecule has 0 saturated heterocycles. The van der Waals surface area contributed by atoms with Gasteiger partial charge in [0.15, 0.2) is 6.61 Å². The lowest BCUT2D eigenvalue weighted by Crippen LogP contribution is -2.20. The van der Waals surface area contributed by atoms with Crippen LogP contribution in [0.5, 0.6) is 5.75 Å². The number of anilines is 1. The van der Waals surface area contributed by atoms with E-state index in [0.29, 0.717) is 4.47 Å². The highest BCUT2D eigenvalue weighted by Gasteiger charge is 2.11. The number of amides is 1. The third-order valence-electron chi connectivity index (χ3n) is 2.54. The topological polar surface area (TPSA) is 38.3 Å². The molecule has 0 aliphatic heterocycles. The van der Waals surface area contributed by atoms with Crippen molar-refractivity contribution >= 4 is 62.3 Å². The van der Waals surface area contributed by atoms with Crippen LogP contribution in [0.15, 0.2) is 34.8 Å². The largest absolute Gasteiger partial charge is 0.482 e. The lowest BCUT2D eigenvalue weighted by Gasteiger charge is -2.10. The zero-order chi connectivity index (χ0) is 16.3. The van der Waals surface area contributed by atoms with Crippen LogP contribution < -0.4 is 10.1 Å². The molecule has 2 rings (SSSR count). The van der Waals surface area contributed by atoms with Crippen LogP contribution in [0, 0.1) is 5.82 Å². The Bertz CT molecular complexity index is 727. The summed E-state index contributed by atoms with van der Waals surface area (Å²) in [6.07, 6.45) is 0. The Balaban J connectivity index is 2.00. The van der Waals surface area contributed by atoms with Gasteiger partial charge in [0.25, 0.3) is 5.91 Å². The standard InChI is InChI=1S/C14H8BrCl3FNO2/c15-7-1-2-12(11(19)3-7)20-14(21)6-22-13-5-9(17)8(16)4-10(13)18/h1-5H,6H2,(H,20,21). The summed E-state index contributed by atoms with van der Waals surface area (Å²) >= 11 is 20.7. The predicted molar refractivity (Wildman–Crippen MR) is 89.7 cm³/mol. The number of nitrogens with one attached hydrogen (secondary N) is 1. The number of benzene rings is 2. The molecular weight excluding hydrogens is 419 g/mol. The fourth-order valence-corrected chi connectivity index (χ4v) is 2.46. The van der Waals surface area contributed by atoms with E-state index in [1.165, 1.54) is 24.3 Å². The maximum absolute atomic E-state index is 13.6. The lowest BCUT2D eigenvalue weighted by atomic mass is 10.3. The van der Waals surface area contributed by atoms with Crippen molar-refractivity contribution in [2.45, 2.75) is 0 Å². The summed E-state index contributed by atoms with van der Waals surface area (Å²) < 4.78 is 19.4. The lowest BCUT2D eigenvalue weighted by molar-refractivity contribution is -0.118. The van der Waals surface area contributed by atoms with Crippen molar-refractivity contribution in [3.05, 3.63) is 55.7 Å². The summed E-state index contributed by atoms with van der Waals surface area (Å²) in [6, 6.07) is 7.10. The van der Waals surface area contributed by atoms with Gasteiger partial charge < -0.3 is 10.1 Å². The molecule has 0 bridgehead atoms. The molecule has 0 heterocycles. The van der Waals surface area contributed by atoms with Crippen molar-refractivity contribution in [3.8, 4) is 5.75 Å². The van der Waals surface area contributed by atoms with Gasteiger partial charge in [-0.3, -0.25) is 4.79 Å². The first-order valence-corrected chi connectivity index (χ1v) is 7.82. The highest BCUT2D eigenvalue weighted by atomic mass is 79.9. The van der Waals surface area contributed by atoms with Gasteiger partial charge >= 0.3 is 0 Å². The predicted octanol–water partition coefficient (Wildman–Crippen LogP) is 5.57. The van der Waals surface area contributed by atoms with E-state index in [2.05, 4.69) is 21.2 Å².